The third-order valence-corrected chi connectivity index (χ3v) is 3.48. The van der Waals surface area contributed by atoms with E-state index in [1.54, 1.807) is 13.0 Å². The number of hydrogen-bond donors (Lipinski definition) is 2. The minimum atomic E-state index is -0.402. The fourth-order valence-corrected chi connectivity index (χ4v) is 2.40. The van der Waals surface area contributed by atoms with Gasteiger partial charge in [-0.15, -0.1) is 0 Å². The number of thioether (sulfide) groups is 1. The van der Waals surface area contributed by atoms with E-state index in [9.17, 15) is 9.59 Å². The van der Waals surface area contributed by atoms with Crippen molar-refractivity contribution in [2.45, 2.75) is 18.6 Å². The lowest BCUT2D eigenvalue weighted by Crippen LogP contribution is -2.11. The van der Waals surface area contributed by atoms with Crippen LogP contribution in [0.3, 0.4) is 0 Å². The molecule has 0 saturated carbocycles. The Labute approximate surface area is 130 Å². The maximum atomic E-state index is 11.9. The molecule has 0 spiro atoms. The van der Waals surface area contributed by atoms with E-state index in [0.29, 0.717) is 28.5 Å². The highest BCUT2D eigenvalue weighted by atomic mass is 32.2. The normalized spacial score (nSPS) is 11.4. The van der Waals surface area contributed by atoms with Gasteiger partial charge in [-0.05, 0) is 6.92 Å². The summed E-state index contributed by atoms with van der Waals surface area (Å²) in [6.07, 6.45) is 4.40. The van der Waals surface area contributed by atoms with Gasteiger partial charge in [-0.3, -0.25) is 4.79 Å². The first kappa shape index (κ1) is 16.2. The predicted molar refractivity (Wildman–Crippen MR) is 81.7 cm³/mol. The molecule has 8 nitrogen and oxygen atoms in total. The molecule has 0 unspecified atom stereocenters. The Morgan fingerprint density at radius 2 is 2.41 bits per heavy atom. The number of aliphatic hydroxyl groups is 1. The number of aliphatic hydroxyl groups excluding tert-OH is 1. The number of ether oxygens (including phenoxy) is 1. The van der Waals surface area contributed by atoms with E-state index < -0.39 is 5.97 Å². The molecular formula is C13H16N4O4S. The molecule has 22 heavy (non-hydrogen) atoms. The lowest BCUT2D eigenvalue weighted by molar-refractivity contribution is -0.137. The summed E-state index contributed by atoms with van der Waals surface area (Å²) >= 11 is 1.27. The molecular weight excluding hydrogens is 308 g/mol. The Balaban J connectivity index is 2.10. The van der Waals surface area contributed by atoms with Crippen LogP contribution in [0.2, 0.25) is 0 Å². The van der Waals surface area contributed by atoms with Gasteiger partial charge in [0, 0.05) is 11.8 Å². The van der Waals surface area contributed by atoms with Crippen LogP contribution in [0.15, 0.2) is 28.3 Å². The van der Waals surface area contributed by atoms with Gasteiger partial charge in [0.1, 0.15) is 5.39 Å². The summed E-state index contributed by atoms with van der Waals surface area (Å²) in [6.45, 7) is 2.25. The number of nitrogens with one attached hydrogen (secondary N) is 1. The van der Waals surface area contributed by atoms with Crippen molar-refractivity contribution in [2.24, 2.45) is 0 Å². The van der Waals surface area contributed by atoms with Crippen molar-refractivity contribution in [1.29, 1.82) is 0 Å². The quantitative estimate of drug-likeness (QED) is 0.327. The number of carbonyl (C=O) groups is 1. The molecule has 0 aliphatic rings. The van der Waals surface area contributed by atoms with Crippen molar-refractivity contribution in [3.05, 3.63) is 28.7 Å². The zero-order valence-electron chi connectivity index (χ0n) is 12.0. The number of rotatable bonds is 7. The highest BCUT2D eigenvalue weighted by Crippen LogP contribution is 2.14. The average Bonchev–Trinajstić information content (AvgIpc) is 2.88. The van der Waals surface area contributed by atoms with Gasteiger partial charge >= 0.3 is 5.97 Å². The highest BCUT2D eigenvalue weighted by molar-refractivity contribution is 7.99. The van der Waals surface area contributed by atoms with E-state index in [0.717, 1.165) is 0 Å². The molecule has 2 aromatic heterocycles. The van der Waals surface area contributed by atoms with Gasteiger partial charge in [0.2, 0.25) is 0 Å². The van der Waals surface area contributed by atoms with E-state index >= 15 is 0 Å². The van der Waals surface area contributed by atoms with Crippen molar-refractivity contribution in [3.8, 4) is 0 Å². The van der Waals surface area contributed by atoms with Crippen molar-refractivity contribution in [2.75, 3.05) is 19.0 Å². The van der Waals surface area contributed by atoms with Crippen molar-refractivity contribution in [3.63, 3.8) is 0 Å². The summed E-state index contributed by atoms with van der Waals surface area (Å²) in [7, 11) is 0. The van der Waals surface area contributed by atoms with E-state index in [1.807, 2.05) is 0 Å². The third kappa shape index (κ3) is 3.95. The molecule has 0 bridgehead atoms. The number of H-pyrrole nitrogens is 1. The summed E-state index contributed by atoms with van der Waals surface area (Å²) < 4.78 is 6.23. The van der Waals surface area contributed by atoms with Crippen LogP contribution < -0.4 is 5.56 Å². The molecule has 0 aliphatic heterocycles. The minimum Gasteiger partial charge on any atom is -0.463 e. The van der Waals surface area contributed by atoms with Crippen LogP contribution in [0, 0.1) is 0 Å². The van der Waals surface area contributed by atoms with Gasteiger partial charge in [0.05, 0.1) is 26.0 Å². The monoisotopic (exact) mass is 324 g/mol. The Hall–Kier alpha value is -2.13. The van der Waals surface area contributed by atoms with Crippen LogP contribution in [0.5, 0.6) is 0 Å². The SMILES string of the molecule is CCOC(=O)/C=C/CSc1nc2c(cnn2CCO)c(=O)[nH]1. The maximum Gasteiger partial charge on any atom is 0.330 e. The summed E-state index contributed by atoms with van der Waals surface area (Å²) in [5, 5.41) is 13.8. The van der Waals surface area contributed by atoms with Crippen LogP contribution in [0.1, 0.15) is 6.92 Å². The molecule has 2 heterocycles. The summed E-state index contributed by atoms with van der Waals surface area (Å²) in [5.41, 5.74) is 0.140. The van der Waals surface area contributed by atoms with E-state index in [2.05, 4.69) is 15.1 Å². The van der Waals surface area contributed by atoms with Gasteiger partial charge in [0.25, 0.3) is 5.56 Å². The van der Waals surface area contributed by atoms with Crippen LogP contribution in [0.4, 0.5) is 0 Å². The molecule has 118 valence electrons. The zero-order chi connectivity index (χ0) is 15.9. The van der Waals surface area contributed by atoms with E-state index in [1.165, 1.54) is 28.7 Å². The number of nitrogens with zero attached hydrogens (tertiary/aromatic N) is 3. The summed E-state index contributed by atoms with van der Waals surface area (Å²) in [4.78, 5) is 30.0. The number of fused-ring (bicyclic) bond motifs is 1. The van der Waals surface area contributed by atoms with Gasteiger partial charge in [-0.25, -0.2) is 14.5 Å². The Kier molecular flexibility index (Phi) is 5.73. The second-order valence-electron chi connectivity index (χ2n) is 4.17. The number of aromatic amines is 1. The first-order chi connectivity index (χ1) is 10.7. The van der Waals surface area contributed by atoms with Crippen LogP contribution in [-0.4, -0.2) is 49.8 Å². The fraction of sp³-hybridized carbons (Fsp3) is 0.385. The van der Waals surface area contributed by atoms with Gasteiger partial charge in [0.15, 0.2) is 10.8 Å². The van der Waals surface area contributed by atoms with Crippen molar-refractivity contribution < 1.29 is 14.6 Å². The van der Waals surface area contributed by atoms with Crippen LogP contribution >= 0.6 is 11.8 Å². The highest BCUT2D eigenvalue weighted by Gasteiger charge is 2.09. The molecule has 0 amide bonds. The van der Waals surface area contributed by atoms with Gasteiger partial charge in [-0.1, -0.05) is 17.8 Å². The second kappa shape index (κ2) is 7.76. The third-order valence-electron chi connectivity index (χ3n) is 2.65. The topological polar surface area (TPSA) is 110 Å². The zero-order valence-corrected chi connectivity index (χ0v) is 12.8. The van der Waals surface area contributed by atoms with Crippen LogP contribution in [-0.2, 0) is 16.1 Å². The molecule has 0 aromatic carbocycles. The van der Waals surface area contributed by atoms with Gasteiger partial charge in [-0.2, -0.15) is 5.10 Å². The second-order valence-corrected chi connectivity index (χ2v) is 5.17. The first-order valence-electron chi connectivity index (χ1n) is 6.68. The minimum absolute atomic E-state index is 0.0873. The smallest absolute Gasteiger partial charge is 0.330 e. The number of aromatic nitrogens is 4. The molecule has 0 fully saturated rings. The summed E-state index contributed by atoms with van der Waals surface area (Å²) in [5.74, 6) is 0.0579. The average molecular weight is 324 g/mol. The van der Waals surface area contributed by atoms with Crippen molar-refractivity contribution in [1.82, 2.24) is 19.7 Å². The molecule has 2 N–H and O–H groups in total. The Morgan fingerprint density at radius 3 is 3.14 bits per heavy atom. The molecule has 0 saturated heterocycles. The predicted octanol–water partition coefficient (Wildman–Crippen LogP) is 0.323. The van der Waals surface area contributed by atoms with E-state index in [-0.39, 0.29) is 18.7 Å². The summed E-state index contributed by atoms with van der Waals surface area (Å²) in [6, 6.07) is 0. The molecule has 0 aliphatic carbocycles. The van der Waals surface area contributed by atoms with Crippen LogP contribution in [0.25, 0.3) is 11.0 Å². The molecule has 0 radical (unpaired) electrons. The molecule has 0 atom stereocenters. The maximum absolute atomic E-state index is 11.9. The molecule has 2 aromatic rings. The lowest BCUT2D eigenvalue weighted by Gasteiger charge is -2.01. The molecule has 2 rings (SSSR count). The Morgan fingerprint density at radius 1 is 1.59 bits per heavy atom. The number of hydrogen-bond acceptors (Lipinski definition) is 7. The molecule has 9 heteroatoms. The largest absolute Gasteiger partial charge is 0.463 e. The van der Waals surface area contributed by atoms with E-state index in [4.69, 9.17) is 9.84 Å². The lowest BCUT2D eigenvalue weighted by atomic mass is 10.4. The fourth-order valence-electron chi connectivity index (χ4n) is 1.73. The first-order valence-corrected chi connectivity index (χ1v) is 7.67. The van der Waals surface area contributed by atoms with Crippen molar-refractivity contribution >= 4 is 28.8 Å². The van der Waals surface area contributed by atoms with Gasteiger partial charge < -0.3 is 14.8 Å². The number of carbonyl (C=O) groups excluding carboxylic acids is 1. The number of esters is 1. The standard InChI is InChI=1S/C13H16N4O4S/c1-2-21-10(19)4-3-7-22-13-15-11-9(12(20)16-13)8-14-17(11)5-6-18/h3-4,8,18H,2,5-7H2,1H3,(H,15,16,20)/b4-3+. The Bertz CT molecular complexity index is 737.